The summed E-state index contributed by atoms with van der Waals surface area (Å²) < 4.78 is 10.5. The summed E-state index contributed by atoms with van der Waals surface area (Å²) in [4.78, 5) is 23.5. The lowest BCUT2D eigenvalue weighted by Crippen LogP contribution is -2.04. The van der Waals surface area contributed by atoms with E-state index in [2.05, 4.69) is 0 Å². The first-order valence-electron chi connectivity index (χ1n) is 7.71. The quantitative estimate of drug-likeness (QED) is 0.345. The lowest BCUT2D eigenvalue weighted by atomic mass is 10.1. The van der Waals surface area contributed by atoms with Crippen molar-refractivity contribution in [1.82, 2.24) is 0 Å². The number of esters is 1. The lowest BCUT2D eigenvalue weighted by Gasteiger charge is -2.06. The summed E-state index contributed by atoms with van der Waals surface area (Å²) in [6, 6.07) is 12.2. The second kappa shape index (κ2) is 8.11. The molecule has 0 aliphatic carbocycles. The number of hydrogen-bond acceptors (Lipinski definition) is 4. The second-order valence-corrected chi connectivity index (χ2v) is 5.30. The molecular weight excluding hydrogens is 304 g/mol. The zero-order chi connectivity index (χ0) is 17.5. The largest absolute Gasteiger partial charge is 0.496 e. The second-order valence-electron chi connectivity index (χ2n) is 5.30. The summed E-state index contributed by atoms with van der Waals surface area (Å²) in [5, 5.41) is 0. The molecule has 0 heterocycles. The number of ketones is 1. The standard InChI is InChI=1S/C20H20O4/c1-4-18(21)15-6-9-17(10-7-15)24-20(22)12-8-16-13-14(2)5-11-19(16)23-3/h5-13H,4H2,1-3H3/b12-8+. The molecule has 0 spiro atoms. The number of carbonyl (C=O) groups excluding carboxylic acids is 2. The molecule has 2 aromatic rings. The van der Waals surface area contributed by atoms with Crippen LogP contribution in [-0.4, -0.2) is 18.9 Å². The summed E-state index contributed by atoms with van der Waals surface area (Å²) in [6.45, 7) is 3.77. The zero-order valence-corrected chi connectivity index (χ0v) is 14.0. The van der Waals surface area contributed by atoms with Gasteiger partial charge in [-0.05, 0) is 49.4 Å². The molecule has 0 aliphatic rings. The van der Waals surface area contributed by atoms with Crippen molar-refractivity contribution >= 4 is 17.8 Å². The van der Waals surface area contributed by atoms with Gasteiger partial charge in [-0.1, -0.05) is 18.6 Å². The minimum atomic E-state index is -0.492. The molecule has 4 heteroatoms. The molecule has 0 fully saturated rings. The lowest BCUT2D eigenvalue weighted by molar-refractivity contribution is -0.128. The SMILES string of the molecule is CCC(=O)c1ccc(OC(=O)/C=C/c2cc(C)ccc2OC)cc1. The molecule has 0 N–H and O–H groups in total. The summed E-state index contributed by atoms with van der Waals surface area (Å²) >= 11 is 0. The van der Waals surface area contributed by atoms with Crippen molar-refractivity contribution in [2.45, 2.75) is 20.3 Å². The highest BCUT2D eigenvalue weighted by atomic mass is 16.5. The van der Waals surface area contributed by atoms with Crippen LogP contribution in [0.4, 0.5) is 0 Å². The van der Waals surface area contributed by atoms with Gasteiger partial charge >= 0.3 is 5.97 Å². The molecule has 0 amide bonds. The summed E-state index contributed by atoms with van der Waals surface area (Å²) in [6.07, 6.45) is 3.45. The molecular formula is C20H20O4. The van der Waals surface area contributed by atoms with Crippen LogP contribution in [0.1, 0.15) is 34.8 Å². The van der Waals surface area contributed by atoms with Crippen LogP contribution in [0, 0.1) is 6.92 Å². The molecule has 124 valence electrons. The Labute approximate surface area is 141 Å². The Hall–Kier alpha value is -2.88. The number of hydrogen-bond donors (Lipinski definition) is 0. The predicted octanol–water partition coefficient (Wildman–Crippen LogP) is 4.22. The van der Waals surface area contributed by atoms with Gasteiger partial charge in [0.05, 0.1) is 7.11 Å². The van der Waals surface area contributed by atoms with Crippen LogP contribution in [0.15, 0.2) is 48.5 Å². The van der Waals surface area contributed by atoms with Crippen LogP contribution in [0.5, 0.6) is 11.5 Å². The average Bonchev–Trinajstić information content (AvgIpc) is 2.60. The Bertz CT molecular complexity index is 758. The first kappa shape index (κ1) is 17.5. The molecule has 0 saturated carbocycles. The normalized spacial score (nSPS) is 10.6. The molecule has 0 atom stereocenters. The van der Waals surface area contributed by atoms with Gasteiger partial charge in [0.25, 0.3) is 0 Å². The Morgan fingerprint density at radius 2 is 1.79 bits per heavy atom. The molecule has 0 aromatic heterocycles. The van der Waals surface area contributed by atoms with E-state index in [1.165, 1.54) is 6.08 Å². The van der Waals surface area contributed by atoms with E-state index in [-0.39, 0.29) is 5.78 Å². The highest BCUT2D eigenvalue weighted by Gasteiger charge is 2.06. The van der Waals surface area contributed by atoms with E-state index in [9.17, 15) is 9.59 Å². The minimum Gasteiger partial charge on any atom is -0.496 e. The maximum absolute atomic E-state index is 11.9. The molecule has 0 saturated heterocycles. The number of ether oxygens (including phenoxy) is 2. The van der Waals surface area contributed by atoms with Gasteiger partial charge in [-0.2, -0.15) is 0 Å². The Kier molecular flexibility index (Phi) is 5.90. The summed E-state index contributed by atoms with van der Waals surface area (Å²) in [7, 11) is 1.58. The predicted molar refractivity (Wildman–Crippen MR) is 93.5 cm³/mol. The van der Waals surface area contributed by atoms with Gasteiger partial charge in [-0.3, -0.25) is 4.79 Å². The van der Waals surface area contributed by atoms with Crippen molar-refractivity contribution in [2.24, 2.45) is 0 Å². The average molecular weight is 324 g/mol. The van der Waals surface area contributed by atoms with Crippen LogP contribution < -0.4 is 9.47 Å². The van der Waals surface area contributed by atoms with Gasteiger partial charge in [0.15, 0.2) is 5.78 Å². The Morgan fingerprint density at radius 1 is 1.08 bits per heavy atom. The van der Waals surface area contributed by atoms with Crippen LogP contribution in [-0.2, 0) is 4.79 Å². The van der Waals surface area contributed by atoms with Gasteiger partial charge in [-0.25, -0.2) is 4.79 Å². The van der Waals surface area contributed by atoms with Crippen LogP contribution in [0.2, 0.25) is 0 Å². The van der Waals surface area contributed by atoms with Gasteiger partial charge in [0.2, 0.25) is 0 Å². The number of carbonyl (C=O) groups is 2. The van der Waals surface area contributed by atoms with Crippen molar-refractivity contribution in [3.63, 3.8) is 0 Å². The first-order valence-corrected chi connectivity index (χ1v) is 7.71. The number of benzene rings is 2. The molecule has 24 heavy (non-hydrogen) atoms. The fourth-order valence-electron chi connectivity index (χ4n) is 2.21. The van der Waals surface area contributed by atoms with Crippen LogP contribution in [0.25, 0.3) is 6.08 Å². The number of aryl methyl sites for hydroxylation is 1. The van der Waals surface area contributed by atoms with E-state index in [0.29, 0.717) is 23.5 Å². The fraction of sp³-hybridized carbons (Fsp3) is 0.200. The topological polar surface area (TPSA) is 52.6 Å². The third kappa shape index (κ3) is 4.56. The van der Waals surface area contributed by atoms with Gasteiger partial charge in [0.1, 0.15) is 11.5 Å². The smallest absolute Gasteiger partial charge is 0.336 e. The number of methoxy groups -OCH3 is 1. The van der Waals surface area contributed by atoms with E-state index in [4.69, 9.17) is 9.47 Å². The highest BCUT2D eigenvalue weighted by molar-refractivity contribution is 5.96. The summed E-state index contributed by atoms with van der Waals surface area (Å²) in [5.41, 5.74) is 2.48. The van der Waals surface area contributed by atoms with E-state index >= 15 is 0 Å². The fourth-order valence-corrected chi connectivity index (χ4v) is 2.21. The van der Waals surface area contributed by atoms with Gasteiger partial charge in [-0.15, -0.1) is 0 Å². The van der Waals surface area contributed by atoms with E-state index in [1.54, 1.807) is 44.4 Å². The highest BCUT2D eigenvalue weighted by Crippen LogP contribution is 2.21. The first-order chi connectivity index (χ1) is 11.5. The van der Waals surface area contributed by atoms with E-state index in [0.717, 1.165) is 11.1 Å². The maximum Gasteiger partial charge on any atom is 0.336 e. The minimum absolute atomic E-state index is 0.0549. The molecule has 0 radical (unpaired) electrons. The van der Waals surface area contributed by atoms with E-state index in [1.807, 2.05) is 25.1 Å². The summed E-state index contributed by atoms with van der Waals surface area (Å²) in [5.74, 6) is 0.646. The zero-order valence-electron chi connectivity index (χ0n) is 14.0. The maximum atomic E-state index is 11.9. The third-order valence-electron chi connectivity index (χ3n) is 3.50. The van der Waals surface area contributed by atoms with Crippen LogP contribution in [0.3, 0.4) is 0 Å². The third-order valence-corrected chi connectivity index (χ3v) is 3.50. The van der Waals surface area contributed by atoms with Crippen molar-refractivity contribution in [2.75, 3.05) is 7.11 Å². The van der Waals surface area contributed by atoms with Gasteiger partial charge in [0, 0.05) is 23.6 Å². The van der Waals surface area contributed by atoms with Gasteiger partial charge < -0.3 is 9.47 Å². The monoisotopic (exact) mass is 324 g/mol. The van der Waals surface area contributed by atoms with Crippen LogP contribution >= 0.6 is 0 Å². The van der Waals surface area contributed by atoms with Crippen molar-refractivity contribution in [3.8, 4) is 11.5 Å². The molecule has 0 bridgehead atoms. The molecule has 2 aromatic carbocycles. The number of Topliss-reactive ketones (excluding diaryl/α,β-unsaturated/α-hetero) is 1. The Balaban J connectivity index is 2.05. The molecule has 0 unspecified atom stereocenters. The van der Waals surface area contributed by atoms with Crippen molar-refractivity contribution < 1.29 is 19.1 Å². The Morgan fingerprint density at radius 3 is 2.42 bits per heavy atom. The molecule has 2 rings (SSSR count). The number of rotatable bonds is 6. The molecule has 0 aliphatic heterocycles. The molecule has 4 nitrogen and oxygen atoms in total. The van der Waals surface area contributed by atoms with Crippen molar-refractivity contribution in [3.05, 3.63) is 65.2 Å². The van der Waals surface area contributed by atoms with Crippen molar-refractivity contribution in [1.29, 1.82) is 0 Å². The van der Waals surface area contributed by atoms with E-state index < -0.39 is 5.97 Å².